The first-order valence-electron chi connectivity index (χ1n) is 4.98. The van der Waals surface area contributed by atoms with Gasteiger partial charge in [-0.05, 0) is 12.1 Å². The lowest BCUT2D eigenvalue weighted by Crippen LogP contribution is -2.27. The Bertz CT molecular complexity index is 426. The number of furan rings is 1. The second kappa shape index (κ2) is 6.72. The van der Waals surface area contributed by atoms with Gasteiger partial charge in [0.1, 0.15) is 12.4 Å². The third-order valence-corrected chi connectivity index (χ3v) is 3.17. The maximum absolute atomic E-state index is 11.6. The Labute approximate surface area is 99.1 Å². The van der Waals surface area contributed by atoms with Crippen LogP contribution in [0.4, 0.5) is 0 Å². The molecule has 0 aliphatic carbocycles. The van der Waals surface area contributed by atoms with Crippen LogP contribution >= 0.6 is 0 Å². The highest BCUT2D eigenvalue weighted by Gasteiger charge is 2.17. The summed E-state index contributed by atoms with van der Waals surface area (Å²) in [4.78, 5) is 0. The van der Waals surface area contributed by atoms with Gasteiger partial charge in [0.05, 0.1) is 19.8 Å². The Morgan fingerprint density at radius 3 is 2.65 bits per heavy atom. The van der Waals surface area contributed by atoms with Gasteiger partial charge in [0.15, 0.2) is 0 Å². The van der Waals surface area contributed by atoms with Crippen LogP contribution in [0.2, 0.25) is 0 Å². The van der Waals surface area contributed by atoms with E-state index in [9.17, 15) is 8.42 Å². The monoisotopic (exact) mass is 265 g/mol. The first-order chi connectivity index (χ1) is 8.10. The largest absolute Gasteiger partial charge is 0.446 e. The van der Waals surface area contributed by atoms with Crippen molar-refractivity contribution < 1.29 is 27.8 Å². The topological polar surface area (TPSA) is 109 Å². The number of hydrogen-bond acceptors (Lipinski definition) is 6. The molecule has 98 valence electrons. The van der Waals surface area contributed by atoms with E-state index < -0.39 is 10.0 Å². The summed E-state index contributed by atoms with van der Waals surface area (Å²) in [7, 11) is -3.71. The normalized spacial score (nSPS) is 11.9. The molecule has 0 aliphatic heterocycles. The highest BCUT2D eigenvalue weighted by molar-refractivity contribution is 7.89. The van der Waals surface area contributed by atoms with Crippen molar-refractivity contribution >= 4 is 10.0 Å². The first kappa shape index (κ1) is 14.1. The van der Waals surface area contributed by atoms with Crippen molar-refractivity contribution in [3.05, 3.63) is 17.9 Å². The number of rotatable bonds is 8. The minimum absolute atomic E-state index is 0.0808. The lowest BCUT2D eigenvalue weighted by molar-refractivity contribution is 0.0961. The van der Waals surface area contributed by atoms with E-state index in [1.165, 1.54) is 12.1 Å². The van der Waals surface area contributed by atoms with Gasteiger partial charge in [-0.15, -0.1) is 0 Å². The summed E-state index contributed by atoms with van der Waals surface area (Å²) in [5.74, 6) is 0.182. The van der Waals surface area contributed by atoms with E-state index in [1.807, 2.05) is 0 Å². The van der Waals surface area contributed by atoms with Crippen molar-refractivity contribution in [2.75, 3.05) is 26.4 Å². The van der Waals surface area contributed by atoms with Crippen LogP contribution < -0.4 is 4.72 Å². The molecule has 17 heavy (non-hydrogen) atoms. The maximum atomic E-state index is 11.6. The molecule has 3 N–H and O–H groups in total. The van der Waals surface area contributed by atoms with Crippen LogP contribution in [0, 0.1) is 0 Å². The van der Waals surface area contributed by atoms with E-state index in [-0.39, 0.29) is 43.8 Å². The van der Waals surface area contributed by atoms with Gasteiger partial charge < -0.3 is 19.4 Å². The molecule has 1 aromatic heterocycles. The van der Waals surface area contributed by atoms with E-state index in [0.29, 0.717) is 0 Å². The molecular formula is C9H15NO6S. The Morgan fingerprint density at radius 1 is 1.29 bits per heavy atom. The first-order valence-corrected chi connectivity index (χ1v) is 6.46. The van der Waals surface area contributed by atoms with Crippen molar-refractivity contribution in [2.24, 2.45) is 0 Å². The van der Waals surface area contributed by atoms with E-state index >= 15 is 0 Å². The minimum atomic E-state index is -3.71. The van der Waals surface area contributed by atoms with Crippen molar-refractivity contribution in [2.45, 2.75) is 11.7 Å². The highest BCUT2D eigenvalue weighted by Crippen LogP contribution is 2.13. The average Bonchev–Trinajstić information content (AvgIpc) is 2.78. The Kier molecular flexibility index (Phi) is 5.59. The third-order valence-electron chi connectivity index (χ3n) is 1.83. The van der Waals surface area contributed by atoms with Crippen LogP contribution in [0.5, 0.6) is 0 Å². The van der Waals surface area contributed by atoms with Gasteiger partial charge in [-0.3, -0.25) is 0 Å². The van der Waals surface area contributed by atoms with Crippen LogP contribution in [0.15, 0.2) is 21.6 Å². The summed E-state index contributed by atoms with van der Waals surface area (Å²) in [5, 5.41) is 16.9. The minimum Gasteiger partial charge on any atom is -0.446 e. The molecule has 0 atom stereocenters. The van der Waals surface area contributed by atoms with Gasteiger partial charge in [-0.2, -0.15) is 0 Å². The zero-order valence-corrected chi connectivity index (χ0v) is 9.94. The van der Waals surface area contributed by atoms with Gasteiger partial charge in [0, 0.05) is 6.54 Å². The Morgan fingerprint density at radius 2 is 2.06 bits per heavy atom. The molecular weight excluding hydrogens is 250 g/mol. The van der Waals surface area contributed by atoms with Crippen molar-refractivity contribution in [1.82, 2.24) is 4.72 Å². The van der Waals surface area contributed by atoms with E-state index in [2.05, 4.69) is 4.72 Å². The van der Waals surface area contributed by atoms with Gasteiger partial charge in [-0.1, -0.05) is 0 Å². The molecule has 0 saturated carbocycles. The van der Waals surface area contributed by atoms with Gasteiger partial charge in [0.25, 0.3) is 10.0 Å². The molecule has 0 radical (unpaired) electrons. The zero-order chi connectivity index (χ0) is 12.7. The molecule has 0 fully saturated rings. The van der Waals surface area contributed by atoms with E-state index in [4.69, 9.17) is 19.4 Å². The van der Waals surface area contributed by atoms with Crippen LogP contribution in [0.25, 0.3) is 0 Å². The van der Waals surface area contributed by atoms with Crippen molar-refractivity contribution in [3.8, 4) is 0 Å². The van der Waals surface area contributed by atoms with Gasteiger partial charge in [-0.25, -0.2) is 13.1 Å². The molecule has 1 heterocycles. The third kappa shape index (κ3) is 4.44. The number of hydrogen-bond donors (Lipinski definition) is 3. The maximum Gasteiger partial charge on any atom is 0.274 e. The molecule has 8 heteroatoms. The predicted molar refractivity (Wildman–Crippen MR) is 57.7 cm³/mol. The molecule has 0 spiro atoms. The summed E-state index contributed by atoms with van der Waals surface area (Å²) in [6.45, 7) is -0.0537. The fourth-order valence-corrected chi connectivity index (χ4v) is 2.03. The van der Waals surface area contributed by atoms with Crippen LogP contribution in [0.1, 0.15) is 5.76 Å². The molecule has 0 saturated heterocycles. The summed E-state index contributed by atoms with van der Waals surface area (Å²) >= 11 is 0. The smallest absolute Gasteiger partial charge is 0.274 e. The second-order valence-electron chi connectivity index (χ2n) is 3.11. The van der Waals surface area contributed by atoms with Crippen molar-refractivity contribution in [3.63, 3.8) is 0 Å². The SMILES string of the molecule is O=S(=O)(NCCOCCO)c1ccc(CO)o1. The predicted octanol–water partition coefficient (Wildman–Crippen LogP) is -0.941. The van der Waals surface area contributed by atoms with Gasteiger partial charge >= 0.3 is 0 Å². The standard InChI is InChI=1S/C9H15NO6S/c11-4-6-15-5-3-10-17(13,14)9-2-1-8(7-12)16-9/h1-2,10-12H,3-7H2. The average molecular weight is 265 g/mol. The lowest BCUT2D eigenvalue weighted by Gasteiger charge is -2.04. The quantitative estimate of drug-likeness (QED) is 0.523. The van der Waals surface area contributed by atoms with Gasteiger partial charge in [0.2, 0.25) is 5.09 Å². The van der Waals surface area contributed by atoms with Crippen LogP contribution in [-0.2, 0) is 21.4 Å². The van der Waals surface area contributed by atoms with Crippen molar-refractivity contribution in [1.29, 1.82) is 0 Å². The molecule has 0 unspecified atom stereocenters. The molecule has 0 amide bonds. The summed E-state index contributed by atoms with van der Waals surface area (Å²) < 4.78 is 35.3. The molecule has 0 aliphatic rings. The molecule has 0 bridgehead atoms. The highest BCUT2D eigenvalue weighted by atomic mass is 32.2. The molecule has 0 aromatic carbocycles. The summed E-state index contributed by atoms with van der Waals surface area (Å²) in [5.41, 5.74) is 0. The molecule has 1 rings (SSSR count). The van der Waals surface area contributed by atoms with E-state index in [0.717, 1.165) is 0 Å². The number of aliphatic hydroxyl groups excluding tert-OH is 2. The number of nitrogens with one attached hydrogen (secondary N) is 1. The fourth-order valence-electron chi connectivity index (χ4n) is 1.07. The fraction of sp³-hybridized carbons (Fsp3) is 0.556. The zero-order valence-electron chi connectivity index (χ0n) is 9.13. The molecule has 7 nitrogen and oxygen atoms in total. The number of sulfonamides is 1. The second-order valence-corrected chi connectivity index (χ2v) is 4.81. The number of aliphatic hydroxyl groups is 2. The number of ether oxygens (including phenoxy) is 1. The molecule has 1 aromatic rings. The summed E-state index contributed by atoms with van der Waals surface area (Å²) in [6, 6.07) is 2.65. The van der Waals surface area contributed by atoms with E-state index in [1.54, 1.807) is 0 Å². The van der Waals surface area contributed by atoms with Crippen LogP contribution in [0.3, 0.4) is 0 Å². The summed E-state index contributed by atoms with van der Waals surface area (Å²) in [6.07, 6.45) is 0. The van der Waals surface area contributed by atoms with Crippen LogP contribution in [-0.4, -0.2) is 45.0 Å². The Hall–Kier alpha value is -0.930. The Balaban J connectivity index is 2.45. The lowest BCUT2D eigenvalue weighted by atomic mass is 10.5.